The molecule has 2 aromatic rings. The lowest BCUT2D eigenvalue weighted by Gasteiger charge is -2.10. The molecule has 4 nitrogen and oxygen atoms in total. The van der Waals surface area contributed by atoms with Gasteiger partial charge in [-0.15, -0.1) is 0 Å². The molecular formula is C15H15BrN2O2. The van der Waals surface area contributed by atoms with Gasteiger partial charge in [0.2, 0.25) is 0 Å². The first-order chi connectivity index (χ1) is 9.63. The van der Waals surface area contributed by atoms with Crippen LogP contribution in [0.5, 0.6) is 5.75 Å². The molecule has 0 aliphatic rings. The minimum Gasteiger partial charge on any atom is -0.496 e. The summed E-state index contributed by atoms with van der Waals surface area (Å²) in [6, 6.07) is 9.14. The van der Waals surface area contributed by atoms with E-state index in [4.69, 9.17) is 4.74 Å². The Morgan fingerprint density at radius 2 is 2.15 bits per heavy atom. The van der Waals surface area contributed by atoms with E-state index in [1.54, 1.807) is 25.4 Å². The number of benzene rings is 1. The van der Waals surface area contributed by atoms with Crippen LogP contribution in [0.1, 0.15) is 22.8 Å². The minimum atomic E-state index is -0.234. The highest BCUT2D eigenvalue weighted by molar-refractivity contribution is 9.10. The van der Waals surface area contributed by atoms with Crippen LogP contribution >= 0.6 is 15.9 Å². The van der Waals surface area contributed by atoms with Crippen molar-refractivity contribution in [2.45, 2.75) is 13.3 Å². The van der Waals surface area contributed by atoms with Crippen LogP contribution in [0, 0.1) is 0 Å². The summed E-state index contributed by atoms with van der Waals surface area (Å²) in [4.78, 5) is 16.4. The van der Waals surface area contributed by atoms with Crippen molar-refractivity contribution in [3.63, 3.8) is 0 Å². The Labute approximate surface area is 126 Å². The average Bonchev–Trinajstić information content (AvgIpc) is 2.46. The van der Waals surface area contributed by atoms with Gasteiger partial charge < -0.3 is 10.1 Å². The summed E-state index contributed by atoms with van der Waals surface area (Å²) in [5, 5.41) is 2.77. The Hall–Kier alpha value is -1.88. The van der Waals surface area contributed by atoms with Gasteiger partial charge in [0, 0.05) is 10.7 Å². The molecule has 1 heterocycles. The highest BCUT2D eigenvalue weighted by Gasteiger charge is 2.13. The molecule has 0 aliphatic heterocycles. The van der Waals surface area contributed by atoms with Gasteiger partial charge in [-0.1, -0.05) is 28.9 Å². The van der Waals surface area contributed by atoms with E-state index < -0.39 is 0 Å². The fraction of sp³-hybridized carbons (Fsp3) is 0.200. The van der Waals surface area contributed by atoms with Gasteiger partial charge in [-0.25, -0.2) is 4.98 Å². The summed E-state index contributed by atoms with van der Waals surface area (Å²) in [6.45, 7) is 2.04. The highest BCUT2D eigenvalue weighted by atomic mass is 79.9. The Balaban J connectivity index is 2.28. The molecule has 0 unspecified atom stereocenters. The summed E-state index contributed by atoms with van der Waals surface area (Å²) in [5.74, 6) is 0.811. The Bertz CT molecular complexity index is 629. The number of carbonyl (C=O) groups is 1. The minimum absolute atomic E-state index is 0.234. The first kappa shape index (κ1) is 14.5. The fourth-order valence-corrected chi connectivity index (χ4v) is 2.14. The second-order valence-electron chi connectivity index (χ2n) is 4.20. The van der Waals surface area contributed by atoms with E-state index in [1.165, 1.54) is 0 Å². The summed E-state index contributed by atoms with van der Waals surface area (Å²) in [5.41, 5.74) is 1.59. The Kier molecular flexibility index (Phi) is 4.74. The number of aryl methyl sites for hydroxylation is 1. The van der Waals surface area contributed by atoms with Gasteiger partial charge in [-0.2, -0.15) is 0 Å². The van der Waals surface area contributed by atoms with E-state index in [-0.39, 0.29) is 5.91 Å². The average molecular weight is 335 g/mol. The third kappa shape index (κ3) is 3.36. The normalized spacial score (nSPS) is 10.2. The molecule has 1 aromatic heterocycles. The topological polar surface area (TPSA) is 51.2 Å². The standard InChI is InChI=1S/C15H15BrN2O2/c1-3-10-4-5-13(20-2)12(8-10)15(19)18-14-9-11(16)6-7-17-14/h4-9H,3H2,1-2H3,(H,17,18,19). The lowest BCUT2D eigenvalue weighted by atomic mass is 10.1. The van der Waals surface area contributed by atoms with Gasteiger partial charge in [0.05, 0.1) is 12.7 Å². The van der Waals surface area contributed by atoms with Crippen molar-refractivity contribution in [2.24, 2.45) is 0 Å². The smallest absolute Gasteiger partial charge is 0.260 e. The number of ether oxygens (including phenoxy) is 1. The molecule has 5 heteroatoms. The molecule has 0 atom stereocenters. The first-order valence-electron chi connectivity index (χ1n) is 6.24. The number of methoxy groups -OCH3 is 1. The Morgan fingerprint density at radius 3 is 2.80 bits per heavy atom. The van der Waals surface area contributed by atoms with Gasteiger partial charge in [0.25, 0.3) is 5.91 Å². The number of nitrogens with one attached hydrogen (secondary N) is 1. The molecule has 2 rings (SSSR count). The van der Waals surface area contributed by atoms with Crippen molar-refractivity contribution in [3.8, 4) is 5.75 Å². The molecule has 1 aromatic carbocycles. The van der Waals surface area contributed by atoms with Crippen LogP contribution in [0.2, 0.25) is 0 Å². The highest BCUT2D eigenvalue weighted by Crippen LogP contribution is 2.22. The molecule has 0 bridgehead atoms. The van der Waals surface area contributed by atoms with Crippen LogP contribution in [-0.4, -0.2) is 18.0 Å². The van der Waals surface area contributed by atoms with Gasteiger partial charge in [0.15, 0.2) is 0 Å². The number of nitrogens with zero attached hydrogens (tertiary/aromatic N) is 1. The maximum atomic E-state index is 12.3. The van der Waals surface area contributed by atoms with Crippen LogP contribution in [0.3, 0.4) is 0 Å². The van der Waals surface area contributed by atoms with E-state index in [9.17, 15) is 4.79 Å². The van der Waals surface area contributed by atoms with Crippen LogP contribution < -0.4 is 10.1 Å². The number of anilines is 1. The number of carbonyl (C=O) groups excluding carboxylic acids is 1. The quantitative estimate of drug-likeness (QED) is 0.928. The number of aromatic nitrogens is 1. The molecule has 104 valence electrons. The molecule has 20 heavy (non-hydrogen) atoms. The molecule has 0 saturated carbocycles. The third-order valence-corrected chi connectivity index (χ3v) is 3.37. The maximum absolute atomic E-state index is 12.3. The second kappa shape index (κ2) is 6.52. The maximum Gasteiger partial charge on any atom is 0.260 e. The van der Waals surface area contributed by atoms with Crippen molar-refractivity contribution >= 4 is 27.7 Å². The monoisotopic (exact) mass is 334 g/mol. The van der Waals surface area contributed by atoms with E-state index in [2.05, 4.69) is 26.2 Å². The first-order valence-corrected chi connectivity index (χ1v) is 7.03. The zero-order valence-electron chi connectivity index (χ0n) is 11.3. The number of hydrogen-bond donors (Lipinski definition) is 1. The lowest BCUT2D eigenvalue weighted by molar-refractivity contribution is 0.102. The summed E-state index contributed by atoms with van der Waals surface area (Å²) in [7, 11) is 1.55. The van der Waals surface area contributed by atoms with Gasteiger partial charge in [0.1, 0.15) is 11.6 Å². The zero-order valence-corrected chi connectivity index (χ0v) is 12.9. The molecule has 0 spiro atoms. The molecule has 0 radical (unpaired) electrons. The van der Waals surface area contributed by atoms with E-state index in [0.717, 1.165) is 16.5 Å². The number of pyridine rings is 1. The molecule has 0 saturated heterocycles. The molecule has 0 aliphatic carbocycles. The summed E-state index contributed by atoms with van der Waals surface area (Å²) < 4.78 is 6.10. The van der Waals surface area contributed by atoms with Crippen molar-refractivity contribution in [1.29, 1.82) is 0 Å². The van der Waals surface area contributed by atoms with Gasteiger partial charge >= 0.3 is 0 Å². The van der Waals surface area contributed by atoms with Crippen LogP contribution in [0.4, 0.5) is 5.82 Å². The fourth-order valence-electron chi connectivity index (χ4n) is 1.81. The number of rotatable bonds is 4. The zero-order chi connectivity index (χ0) is 14.5. The van der Waals surface area contributed by atoms with Crippen molar-refractivity contribution in [3.05, 3.63) is 52.1 Å². The summed E-state index contributed by atoms with van der Waals surface area (Å²) in [6.07, 6.45) is 2.48. The van der Waals surface area contributed by atoms with E-state index in [1.807, 2.05) is 25.1 Å². The van der Waals surface area contributed by atoms with E-state index >= 15 is 0 Å². The van der Waals surface area contributed by atoms with E-state index in [0.29, 0.717) is 17.1 Å². The molecule has 1 N–H and O–H groups in total. The number of amides is 1. The predicted molar refractivity (Wildman–Crippen MR) is 82.3 cm³/mol. The molecular weight excluding hydrogens is 320 g/mol. The largest absolute Gasteiger partial charge is 0.496 e. The molecule has 1 amide bonds. The van der Waals surface area contributed by atoms with Crippen LogP contribution in [0.25, 0.3) is 0 Å². The SMILES string of the molecule is CCc1ccc(OC)c(C(=O)Nc2cc(Br)ccn2)c1. The third-order valence-electron chi connectivity index (χ3n) is 2.88. The van der Waals surface area contributed by atoms with Crippen LogP contribution in [0.15, 0.2) is 41.0 Å². The number of halogens is 1. The van der Waals surface area contributed by atoms with Crippen molar-refractivity contribution in [2.75, 3.05) is 12.4 Å². The van der Waals surface area contributed by atoms with Gasteiger partial charge in [-0.3, -0.25) is 4.79 Å². The van der Waals surface area contributed by atoms with Gasteiger partial charge in [-0.05, 0) is 36.2 Å². The lowest BCUT2D eigenvalue weighted by Crippen LogP contribution is -2.14. The predicted octanol–water partition coefficient (Wildman–Crippen LogP) is 3.67. The summed E-state index contributed by atoms with van der Waals surface area (Å²) >= 11 is 3.34. The van der Waals surface area contributed by atoms with Crippen LogP contribution in [-0.2, 0) is 6.42 Å². The van der Waals surface area contributed by atoms with Crippen molar-refractivity contribution < 1.29 is 9.53 Å². The molecule has 0 fully saturated rings. The Morgan fingerprint density at radius 1 is 1.35 bits per heavy atom. The second-order valence-corrected chi connectivity index (χ2v) is 5.12. The van der Waals surface area contributed by atoms with Crippen molar-refractivity contribution in [1.82, 2.24) is 4.98 Å². The number of hydrogen-bond acceptors (Lipinski definition) is 3.